The highest BCUT2D eigenvalue weighted by Gasteiger charge is 2.70. The Kier molecular flexibility index (Phi) is 9.19. The number of hydrogen-bond acceptors (Lipinski definition) is 9. The predicted molar refractivity (Wildman–Crippen MR) is 200 cm³/mol. The molecule has 6 atom stereocenters. The lowest BCUT2D eigenvalue weighted by Crippen LogP contribution is -2.53. The van der Waals surface area contributed by atoms with Crippen LogP contribution in [0.1, 0.15) is 52.7 Å². The van der Waals surface area contributed by atoms with Gasteiger partial charge in [-0.05, 0) is 79.8 Å². The lowest BCUT2D eigenvalue weighted by molar-refractivity contribution is -0.139. The minimum absolute atomic E-state index is 0.0903. The molecule has 57 heavy (non-hydrogen) atoms. The molecule has 3 aromatic carbocycles. The van der Waals surface area contributed by atoms with Crippen LogP contribution in [0.2, 0.25) is 10.0 Å². The smallest absolute Gasteiger partial charge is 0.417 e. The number of Topliss-reactive ketones (excluding diaryl/α,β-unsaturated/α-hetero) is 1. The van der Waals surface area contributed by atoms with Gasteiger partial charge in [-0.1, -0.05) is 53.1 Å². The highest BCUT2D eigenvalue weighted by Crippen LogP contribution is 2.65. The number of ketones is 1. The number of carbonyl (C=O) groups excluding carboxylic acids is 5. The van der Waals surface area contributed by atoms with Crippen LogP contribution in [-0.4, -0.2) is 51.6 Å². The molecule has 0 unspecified atom stereocenters. The zero-order chi connectivity index (χ0) is 40.7. The maximum atomic E-state index is 15.3. The zero-order valence-electron chi connectivity index (χ0n) is 30.0. The fraction of sp³-hybridized carbons (Fsp3) is 0.268. The van der Waals surface area contributed by atoms with E-state index in [2.05, 4.69) is 10.4 Å². The number of aromatic hydroxyl groups is 1. The number of nitrogens with one attached hydrogen (secondary N) is 1. The van der Waals surface area contributed by atoms with Crippen LogP contribution >= 0.6 is 23.2 Å². The fourth-order valence-electron chi connectivity index (χ4n) is 9.12. The first-order valence-electron chi connectivity index (χ1n) is 17.8. The van der Waals surface area contributed by atoms with Crippen LogP contribution < -0.4 is 15.1 Å². The number of anilines is 2. The lowest BCUT2D eigenvalue weighted by Gasteiger charge is -2.50. The van der Waals surface area contributed by atoms with Crippen molar-refractivity contribution in [1.82, 2.24) is 9.99 Å². The number of carbonyl (C=O) groups is 5. The monoisotopic (exact) mass is 818 g/mol. The summed E-state index contributed by atoms with van der Waals surface area (Å²) >= 11 is 12.6. The summed E-state index contributed by atoms with van der Waals surface area (Å²) in [5.74, 6) is -8.24. The summed E-state index contributed by atoms with van der Waals surface area (Å²) in [5.41, 5.74) is 1.32. The molecule has 292 valence electrons. The van der Waals surface area contributed by atoms with Gasteiger partial charge in [-0.15, -0.1) is 0 Å². The average Bonchev–Trinajstić information content (AvgIpc) is 3.56. The standard InChI is InChI=1S/C41H31Cl2F3N4O7/c1-19(51)20-3-9-24(10-4-20)49-36(53)28-14-13-26-29(33(28)38(49)55)17-30-37(54)50(48-35-31(43)15-22(18-47-35)41(44,45)46)39(56)40(30,21-5-7-23(42)8-6-21)34(26)27-12-11-25(57-2)16-32(27)52/h3-13,15-16,18,28-30,33-34,52H,14,17H2,1-2H3,(H,47,48)/t28-,29+,30-,33-,34+,40+/m0/s1. The van der Waals surface area contributed by atoms with Crippen LogP contribution in [-0.2, 0) is 30.8 Å². The van der Waals surface area contributed by atoms with E-state index in [0.29, 0.717) is 44.7 Å². The van der Waals surface area contributed by atoms with Crippen molar-refractivity contribution in [3.63, 3.8) is 0 Å². The van der Waals surface area contributed by atoms with Crippen LogP contribution in [0.3, 0.4) is 0 Å². The number of imide groups is 2. The number of rotatable bonds is 7. The Hall–Kier alpha value is -5.73. The van der Waals surface area contributed by atoms with Crippen molar-refractivity contribution in [2.24, 2.45) is 23.7 Å². The fourth-order valence-corrected chi connectivity index (χ4v) is 9.46. The van der Waals surface area contributed by atoms with Crippen molar-refractivity contribution in [1.29, 1.82) is 0 Å². The Morgan fingerprint density at radius 3 is 2.26 bits per heavy atom. The van der Waals surface area contributed by atoms with Gasteiger partial charge in [0.1, 0.15) is 11.5 Å². The van der Waals surface area contributed by atoms with E-state index in [1.807, 2.05) is 0 Å². The molecule has 3 heterocycles. The zero-order valence-corrected chi connectivity index (χ0v) is 31.5. The van der Waals surface area contributed by atoms with Crippen LogP contribution in [0.4, 0.5) is 24.7 Å². The number of pyridine rings is 1. The number of allylic oxidation sites excluding steroid dienone is 2. The molecule has 3 fully saturated rings. The number of fused-ring (bicyclic) bond motifs is 4. The first-order chi connectivity index (χ1) is 27.1. The van der Waals surface area contributed by atoms with Gasteiger partial charge < -0.3 is 9.84 Å². The molecule has 2 N–H and O–H groups in total. The SMILES string of the molecule is COc1ccc([C@H]2C3=CC[C@@H]4C(=O)N(c5ccc(C(C)=O)cc5)C(=O)[C@@H]4[C@@H]3C[C@H]3C(=O)N(Nc4ncc(C(F)(F)F)cc4Cl)C(=O)[C@@]23c2ccc(Cl)cc2)c(O)c1. The van der Waals surface area contributed by atoms with E-state index in [-0.39, 0.29) is 35.6 Å². The third-order valence-electron chi connectivity index (χ3n) is 11.6. The number of alkyl halides is 3. The molecule has 1 aromatic heterocycles. The van der Waals surface area contributed by atoms with Gasteiger partial charge in [0.05, 0.1) is 46.6 Å². The van der Waals surface area contributed by atoms with E-state index in [9.17, 15) is 37.5 Å². The molecule has 2 aliphatic heterocycles. The number of nitrogens with zero attached hydrogens (tertiary/aromatic N) is 3. The third-order valence-corrected chi connectivity index (χ3v) is 12.2. The number of amides is 4. The second kappa shape index (κ2) is 13.7. The van der Waals surface area contributed by atoms with Crippen molar-refractivity contribution in [3.8, 4) is 11.5 Å². The maximum Gasteiger partial charge on any atom is 0.417 e. The van der Waals surface area contributed by atoms with Gasteiger partial charge in [0.25, 0.3) is 11.8 Å². The second-order valence-electron chi connectivity index (χ2n) is 14.5. The number of ether oxygens (including phenoxy) is 1. The Bertz CT molecular complexity index is 2420. The van der Waals surface area contributed by atoms with Crippen molar-refractivity contribution in [3.05, 3.63) is 123 Å². The Morgan fingerprint density at radius 2 is 1.65 bits per heavy atom. The summed E-state index contributed by atoms with van der Waals surface area (Å²) in [6.07, 6.45) is -2.49. The van der Waals surface area contributed by atoms with E-state index >= 15 is 4.79 Å². The van der Waals surface area contributed by atoms with Crippen molar-refractivity contribution >= 4 is 64.1 Å². The molecule has 2 aliphatic carbocycles. The number of phenolic OH excluding ortho intramolecular Hbond substituents is 1. The first kappa shape index (κ1) is 38.2. The number of hydrazine groups is 1. The molecular formula is C41H31Cl2F3N4O7. The quantitative estimate of drug-likeness (QED) is 0.110. The third kappa shape index (κ3) is 5.87. The van der Waals surface area contributed by atoms with Gasteiger partial charge in [-0.25, -0.2) is 4.98 Å². The summed E-state index contributed by atoms with van der Waals surface area (Å²) < 4.78 is 45.8. The molecule has 2 saturated heterocycles. The number of aromatic nitrogens is 1. The Labute approximate surface area is 333 Å². The molecular weight excluding hydrogens is 788 g/mol. The van der Waals surface area contributed by atoms with Gasteiger partial charge in [-0.3, -0.25) is 34.3 Å². The van der Waals surface area contributed by atoms with Crippen LogP contribution in [0.15, 0.2) is 90.6 Å². The molecule has 16 heteroatoms. The summed E-state index contributed by atoms with van der Waals surface area (Å²) in [6.45, 7) is 1.40. The average molecular weight is 820 g/mol. The van der Waals surface area contributed by atoms with E-state index in [0.717, 1.165) is 4.90 Å². The molecule has 1 saturated carbocycles. The number of hydrogen-bond donors (Lipinski definition) is 2. The molecule has 11 nitrogen and oxygen atoms in total. The molecule has 4 aliphatic rings. The van der Waals surface area contributed by atoms with Crippen molar-refractivity contribution in [2.45, 2.75) is 37.3 Å². The van der Waals surface area contributed by atoms with Gasteiger partial charge in [0.2, 0.25) is 11.8 Å². The largest absolute Gasteiger partial charge is 0.508 e. The van der Waals surface area contributed by atoms with E-state index in [1.54, 1.807) is 42.5 Å². The second-order valence-corrected chi connectivity index (χ2v) is 15.3. The summed E-state index contributed by atoms with van der Waals surface area (Å²) in [4.78, 5) is 75.6. The molecule has 0 radical (unpaired) electrons. The van der Waals surface area contributed by atoms with E-state index < -0.39 is 81.2 Å². The highest BCUT2D eigenvalue weighted by atomic mass is 35.5. The molecule has 4 aromatic rings. The number of benzene rings is 3. The maximum absolute atomic E-state index is 15.3. The van der Waals surface area contributed by atoms with Crippen molar-refractivity contribution < 1.29 is 47.0 Å². The van der Waals surface area contributed by atoms with Gasteiger partial charge in [0, 0.05) is 34.3 Å². The normalized spacial score (nSPS) is 25.5. The predicted octanol–water partition coefficient (Wildman–Crippen LogP) is 7.51. The van der Waals surface area contributed by atoms with Crippen LogP contribution in [0, 0.1) is 23.7 Å². The Morgan fingerprint density at radius 1 is 0.947 bits per heavy atom. The summed E-state index contributed by atoms with van der Waals surface area (Å²) in [5, 5.41) is 12.2. The molecule has 0 bridgehead atoms. The minimum Gasteiger partial charge on any atom is -0.508 e. The van der Waals surface area contributed by atoms with E-state index in [4.69, 9.17) is 27.9 Å². The number of methoxy groups -OCH3 is 1. The van der Waals surface area contributed by atoms with Gasteiger partial charge >= 0.3 is 6.18 Å². The van der Waals surface area contributed by atoms with E-state index in [1.165, 1.54) is 44.4 Å². The highest BCUT2D eigenvalue weighted by molar-refractivity contribution is 6.33. The van der Waals surface area contributed by atoms with Gasteiger partial charge in [-0.2, -0.15) is 18.2 Å². The lowest BCUT2D eigenvalue weighted by atomic mass is 9.49. The van der Waals surface area contributed by atoms with Crippen molar-refractivity contribution in [2.75, 3.05) is 17.4 Å². The van der Waals surface area contributed by atoms with Crippen LogP contribution in [0.5, 0.6) is 11.5 Å². The molecule has 4 amide bonds. The molecule has 0 spiro atoms. The first-order valence-corrected chi connectivity index (χ1v) is 18.5. The summed E-state index contributed by atoms with van der Waals surface area (Å²) in [7, 11) is 1.41. The van der Waals surface area contributed by atoms with Crippen LogP contribution in [0.25, 0.3) is 0 Å². The topological polar surface area (TPSA) is 146 Å². The molecule has 8 rings (SSSR count). The minimum atomic E-state index is -4.77. The number of phenols is 1. The Balaban J connectivity index is 1.30. The summed E-state index contributed by atoms with van der Waals surface area (Å²) in [6, 6.07) is 17.5. The van der Waals surface area contributed by atoms with Gasteiger partial charge in [0.15, 0.2) is 11.6 Å². The number of halogens is 5.